The van der Waals surface area contributed by atoms with E-state index in [0.29, 0.717) is 0 Å². The third-order valence-corrected chi connectivity index (χ3v) is 3.38. The van der Waals surface area contributed by atoms with Gasteiger partial charge in [0.05, 0.1) is 11.9 Å². The second-order valence-corrected chi connectivity index (χ2v) is 5.07. The molecule has 5 heteroatoms. The molecular formula is C16H19N5. The molecule has 0 radical (unpaired) electrons. The van der Waals surface area contributed by atoms with E-state index in [1.54, 1.807) is 6.20 Å². The van der Waals surface area contributed by atoms with E-state index in [1.807, 2.05) is 34.9 Å². The van der Waals surface area contributed by atoms with Gasteiger partial charge in [0.15, 0.2) is 0 Å². The fourth-order valence-electron chi connectivity index (χ4n) is 2.25. The van der Waals surface area contributed by atoms with Gasteiger partial charge in [-0.1, -0.05) is 12.1 Å². The van der Waals surface area contributed by atoms with Crippen LogP contribution in [-0.4, -0.2) is 26.1 Å². The highest BCUT2D eigenvalue weighted by Crippen LogP contribution is 2.08. The highest BCUT2D eigenvalue weighted by atomic mass is 15.3. The molecule has 2 aromatic heterocycles. The van der Waals surface area contributed by atoms with E-state index in [0.717, 1.165) is 25.2 Å². The predicted octanol–water partition coefficient (Wildman–Crippen LogP) is 1.94. The van der Waals surface area contributed by atoms with E-state index in [-0.39, 0.29) is 0 Å². The minimum atomic E-state index is 0.875. The summed E-state index contributed by atoms with van der Waals surface area (Å²) in [6.07, 6.45) is 8.70. The maximum absolute atomic E-state index is 4.22. The molecule has 0 saturated heterocycles. The summed E-state index contributed by atoms with van der Waals surface area (Å²) in [5.74, 6) is 0. The second-order valence-electron chi connectivity index (χ2n) is 5.07. The largest absolute Gasteiger partial charge is 0.312 e. The van der Waals surface area contributed by atoms with Gasteiger partial charge in [0.2, 0.25) is 0 Å². The molecule has 108 valence electrons. The Morgan fingerprint density at radius 2 is 1.95 bits per heavy atom. The standard InChI is InChI=1S/C16H19N5/c1-20-13-15(12-19-20)7-9-17-11-14-3-5-16(6-4-14)21-10-2-8-18-21/h2-6,8,10,12-13,17H,7,9,11H2,1H3. The summed E-state index contributed by atoms with van der Waals surface area (Å²) >= 11 is 0. The molecule has 0 amide bonds. The molecule has 0 aliphatic rings. The van der Waals surface area contributed by atoms with Crippen molar-refractivity contribution in [2.24, 2.45) is 7.05 Å². The monoisotopic (exact) mass is 281 g/mol. The first kappa shape index (κ1) is 13.6. The number of nitrogens with one attached hydrogen (secondary N) is 1. The Hall–Kier alpha value is -2.40. The molecule has 1 aromatic carbocycles. The molecule has 0 atom stereocenters. The van der Waals surface area contributed by atoms with E-state index >= 15 is 0 Å². The average Bonchev–Trinajstić information content (AvgIpc) is 3.16. The summed E-state index contributed by atoms with van der Waals surface area (Å²) in [6, 6.07) is 10.4. The molecule has 21 heavy (non-hydrogen) atoms. The zero-order valence-corrected chi connectivity index (χ0v) is 12.1. The van der Waals surface area contributed by atoms with E-state index in [1.165, 1.54) is 11.1 Å². The quantitative estimate of drug-likeness (QED) is 0.702. The van der Waals surface area contributed by atoms with Crippen LogP contribution in [-0.2, 0) is 20.0 Å². The third kappa shape index (κ3) is 3.58. The van der Waals surface area contributed by atoms with E-state index in [2.05, 4.69) is 46.0 Å². The minimum absolute atomic E-state index is 0.875. The summed E-state index contributed by atoms with van der Waals surface area (Å²) in [4.78, 5) is 0. The fraction of sp³-hybridized carbons (Fsp3) is 0.250. The summed E-state index contributed by atoms with van der Waals surface area (Å²) in [5, 5.41) is 11.8. The molecule has 1 N–H and O–H groups in total. The zero-order chi connectivity index (χ0) is 14.5. The van der Waals surface area contributed by atoms with Gasteiger partial charge >= 0.3 is 0 Å². The number of rotatable bonds is 6. The molecule has 0 bridgehead atoms. The topological polar surface area (TPSA) is 47.7 Å². The number of aromatic nitrogens is 4. The fourth-order valence-corrected chi connectivity index (χ4v) is 2.25. The number of nitrogens with zero attached hydrogens (tertiary/aromatic N) is 4. The predicted molar refractivity (Wildman–Crippen MR) is 82.2 cm³/mol. The van der Waals surface area contributed by atoms with Gasteiger partial charge in [-0.15, -0.1) is 0 Å². The summed E-state index contributed by atoms with van der Waals surface area (Å²) < 4.78 is 3.70. The Kier molecular flexibility index (Phi) is 4.12. The van der Waals surface area contributed by atoms with Crippen LogP contribution in [0.15, 0.2) is 55.1 Å². The van der Waals surface area contributed by atoms with Crippen molar-refractivity contribution in [3.63, 3.8) is 0 Å². The van der Waals surface area contributed by atoms with Crippen molar-refractivity contribution in [3.05, 3.63) is 66.2 Å². The average molecular weight is 281 g/mol. The molecule has 2 heterocycles. The van der Waals surface area contributed by atoms with Gasteiger partial charge in [0.25, 0.3) is 0 Å². The van der Waals surface area contributed by atoms with Crippen molar-refractivity contribution in [2.75, 3.05) is 6.54 Å². The van der Waals surface area contributed by atoms with Gasteiger partial charge in [-0.25, -0.2) is 4.68 Å². The van der Waals surface area contributed by atoms with Gasteiger partial charge in [-0.2, -0.15) is 10.2 Å². The molecule has 0 aliphatic carbocycles. The maximum Gasteiger partial charge on any atom is 0.0645 e. The Morgan fingerprint density at radius 1 is 1.10 bits per heavy atom. The molecule has 3 rings (SSSR count). The van der Waals surface area contributed by atoms with Gasteiger partial charge in [0, 0.05) is 32.2 Å². The van der Waals surface area contributed by atoms with Crippen molar-refractivity contribution in [1.29, 1.82) is 0 Å². The molecule has 0 unspecified atom stereocenters. The first-order valence-corrected chi connectivity index (χ1v) is 7.08. The SMILES string of the molecule is Cn1cc(CCNCc2ccc(-n3cccn3)cc2)cn1. The van der Waals surface area contributed by atoms with Crippen LogP contribution in [0.1, 0.15) is 11.1 Å². The summed E-state index contributed by atoms with van der Waals surface area (Å²) in [7, 11) is 1.94. The lowest BCUT2D eigenvalue weighted by molar-refractivity contribution is 0.686. The van der Waals surface area contributed by atoms with Crippen LogP contribution in [0.2, 0.25) is 0 Å². The lowest BCUT2D eigenvalue weighted by Crippen LogP contribution is -2.16. The van der Waals surface area contributed by atoms with Crippen LogP contribution >= 0.6 is 0 Å². The second kappa shape index (κ2) is 6.37. The van der Waals surface area contributed by atoms with Crippen LogP contribution in [0.5, 0.6) is 0 Å². The van der Waals surface area contributed by atoms with Crippen molar-refractivity contribution in [1.82, 2.24) is 24.9 Å². The first-order chi connectivity index (χ1) is 10.3. The number of aryl methyl sites for hydroxylation is 1. The molecule has 0 aliphatic heterocycles. The number of hydrogen-bond acceptors (Lipinski definition) is 3. The molecule has 0 spiro atoms. The number of hydrogen-bond donors (Lipinski definition) is 1. The van der Waals surface area contributed by atoms with E-state index < -0.39 is 0 Å². The van der Waals surface area contributed by atoms with Gasteiger partial charge in [-0.3, -0.25) is 4.68 Å². The third-order valence-electron chi connectivity index (χ3n) is 3.38. The maximum atomic E-state index is 4.22. The smallest absolute Gasteiger partial charge is 0.0645 e. The molecule has 3 aromatic rings. The van der Waals surface area contributed by atoms with Crippen molar-refractivity contribution < 1.29 is 0 Å². The van der Waals surface area contributed by atoms with Crippen LogP contribution in [0.3, 0.4) is 0 Å². The summed E-state index contributed by atoms with van der Waals surface area (Å²) in [6.45, 7) is 1.83. The van der Waals surface area contributed by atoms with Crippen molar-refractivity contribution in [2.45, 2.75) is 13.0 Å². The van der Waals surface area contributed by atoms with Crippen LogP contribution in [0.25, 0.3) is 5.69 Å². The van der Waals surface area contributed by atoms with E-state index in [4.69, 9.17) is 0 Å². The minimum Gasteiger partial charge on any atom is -0.312 e. The highest BCUT2D eigenvalue weighted by molar-refractivity contribution is 5.33. The Balaban J connectivity index is 1.47. The molecule has 0 fully saturated rings. The van der Waals surface area contributed by atoms with Crippen LogP contribution < -0.4 is 5.32 Å². The Bertz CT molecular complexity index is 667. The van der Waals surface area contributed by atoms with Crippen LogP contribution in [0, 0.1) is 0 Å². The normalized spacial score (nSPS) is 10.9. The zero-order valence-electron chi connectivity index (χ0n) is 12.1. The first-order valence-electron chi connectivity index (χ1n) is 7.08. The van der Waals surface area contributed by atoms with Crippen molar-refractivity contribution >= 4 is 0 Å². The molecular weight excluding hydrogens is 262 g/mol. The lowest BCUT2D eigenvalue weighted by Gasteiger charge is -2.06. The Morgan fingerprint density at radius 3 is 2.62 bits per heavy atom. The highest BCUT2D eigenvalue weighted by Gasteiger charge is 1.98. The van der Waals surface area contributed by atoms with Gasteiger partial charge < -0.3 is 5.32 Å². The van der Waals surface area contributed by atoms with Crippen LogP contribution in [0.4, 0.5) is 0 Å². The van der Waals surface area contributed by atoms with Crippen molar-refractivity contribution in [3.8, 4) is 5.69 Å². The van der Waals surface area contributed by atoms with Gasteiger partial charge in [0.1, 0.15) is 0 Å². The molecule has 0 saturated carbocycles. The Labute approximate surface area is 124 Å². The number of benzene rings is 1. The van der Waals surface area contributed by atoms with Gasteiger partial charge in [-0.05, 0) is 42.3 Å². The molecule has 5 nitrogen and oxygen atoms in total. The summed E-state index contributed by atoms with van der Waals surface area (Å²) in [5.41, 5.74) is 3.62. The van der Waals surface area contributed by atoms with E-state index in [9.17, 15) is 0 Å². The lowest BCUT2D eigenvalue weighted by atomic mass is 10.2.